The number of hydrogen-bond acceptors (Lipinski definition) is 5. The summed E-state index contributed by atoms with van der Waals surface area (Å²) in [7, 11) is -2.00. The molecule has 1 aliphatic heterocycles. The van der Waals surface area contributed by atoms with Gasteiger partial charge in [0.2, 0.25) is 0 Å². The molecule has 6 atom stereocenters. The van der Waals surface area contributed by atoms with E-state index in [1.165, 1.54) is 11.1 Å². The van der Waals surface area contributed by atoms with Crippen LogP contribution in [0.2, 0.25) is 18.1 Å². The van der Waals surface area contributed by atoms with Gasteiger partial charge < -0.3 is 23.7 Å². The second kappa shape index (κ2) is 13.1. The zero-order valence-corrected chi connectivity index (χ0v) is 27.3. The van der Waals surface area contributed by atoms with Crippen LogP contribution in [0.25, 0.3) is 0 Å². The summed E-state index contributed by atoms with van der Waals surface area (Å²) in [6.07, 6.45) is 8.79. The zero-order chi connectivity index (χ0) is 29.0. The Labute approximate surface area is 245 Å². The average molecular weight is 573 g/mol. The molecular weight excluding hydrogens is 516 g/mol. The molecule has 5 nitrogen and oxygen atoms in total. The molecule has 40 heavy (non-hydrogen) atoms. The van der Waals surface area contributed by atoms with Crippen molar-refractivity contribution in [1.82, 2.24) is 0 Å². The molecular formula is C34H56O5Si. The van der Waals surface area contributed by atoms with Gasteiger partial charge in [-0.25, -0.2) is 0 Å². The van der Waals surface area contributed by atoms with Crippen LogP contribution in [0, 0.1) is 22.7 Å². The van der Waals surface area contributed by atoms with Crippen molar-refractivity contribution in [2.24, 2.45) is 22.7 Å². The first kappa shape index (κ1) is 31.9. The first-order valence-corrected chi connectivity index (χ1v) is 18.7. The molecule has 1 unspecified atom stereocenters. The number of aliphatic hydroxyl groups is 1. The van der Waals surface area contributed by atoms with Crippen LogP contribution < -0.4 is 0 Å². The lowest BCUT2D eigenvalue weighted by molar-refractivity contribution is -0.174. The third kappa shape index (κ3) is 7.12. The van der Waals surface area contributed by atoms with Crippen molar-refractivity contribution in [2.45, 2.75) is 117 Å². The smallest absolute Gasteiger partial charge is 0.192 e. The van der Waals surface area contributed by atoms with E-state index in [1.807, 2.05) is 6.07 Å². The Hall–Kier alpha value is -1.02. The van der Waals surface area contributed by atoms with Crippen molar-refractivity contribution in [3.05, 3.63) is 47.5 Å². The first-order chi connectivity index (χ1) is 18.9. The van der Waals surface area contributed by atoms with Gasteiger partial charge in [0.1, 0.15) is 0 Å². The lowest BCUT2D eigenvalue weighted by Crippen LogP contribution is -2.56. The molecule has 1 saturated heterocycles. The standard InChI is InChI=1S/C34H56O5Si/c1-26-16-17-28-31(29(35)18-19-33(28,5)24-36-23-27-13-9-8-10-14-27)34(26,25-39-40(6,7)32(2,3)4)20-22-38-30-15-11-12-21-37-30/h8-10,13-14,17,26,29-31,35H,11-12,15-16,18-25H2,1-7H3/t26-,29-,30?,31+,33+,34+/m1/s1. The number of hydrogen-bond donors (Lipinski definition) is 1. The van der Waals surface area contributed by atoms with Gasteiger partial charge in [0.25, 0.3) is 0 Å². The molecule has 0 bridgehead atoms. The largest absolute Gasteiger partial charge is 0.416 e. The van der Waals surface area contributed by atoms with Gasteiger partial charge in [-0.2, -0.15) is 0 Å². The van der Waals surface area contributed by atoms with E-state index in [1.54, 1.807) is 0 Å². The molecule has 6 heteroatoms. The molecule has 3 aliphatic rings. The molecule has 0 aromatic heterocycles. The SMILES string of the molecule is C[C@@H]1CC=C2[C@@H]([C@H](O)CC[C@@]2(C)COCc2ccccc2)[C@@]1(CCOC1CCCCO1)CO[Si](C)(C)C(C)(C)C. The van der Waals surface area contributed by atoms with Crippen molar-refractivity contribution in [1.29, 1.82) is 0 Å². The minimum absolute atomic E-state index is 0.0379. The topological polar surface area (TPSA) is 57.2 Å². The van der Waals surface area contributed by atoms with Gasteiger partial charge in [-0.15, -0.1) is 0 Å². The van der Waals surface area contributed by atoms with Crippen molar-refractivity contribution in [3.8, 4) is 0 Å². The molecule has 0 spiro atoms. The monoisotopic (exact) mass is 572 g/mol. The summed E-state index contributed by atoms with van der Waals surface area (Å²) >= 11 is 0. The number of allylic oxidation sites excluding steroid dienone is 1. The molecule has 1 heterocycles. The van der Waals surface area contributed by atoms with Crippen molar-refractivity contribution in [3.63, 3.8) is 0 Å². The van der Waals surface area contributed by atoms with E-state index in [4.69, 9.17) is 18.6 Å². The fourth-order valence-electron chi connectivity index (χ4n) is 6.86. The maximum Gasteiger partial charge on any atom is 0.192 e. The molecule has 2 aliphatic carbocycles. The highest BCUT2D eigenvalue weighted by atomic mass is 28.4. The highest BCUT2D eigenvalue weighted by Gasteiger charge is 2.56. The van der Waals surface area contributed by atoms with Gasteiger partial charge in [0.15, 0.2) is 14.6 Å². The van der Waals surface area contributed by atoms with Gasteiger partial charge in [-0.05, 0) is 74.6 Å². The number of aliphatic hydroxyl groups excluding tert-OH is 1. The number of fused-ring (bicyclic) bond motifs is 1. The third-order valence-corrected chi connectivity index (χ3v) is 15.2. The maximum atomic E-state index is 11.7. The Kier molecular flexibility index (Phi) is 10.4. The second-order valence-corrected chi connectivity index (χ2v) is 19.4. The highest BCUT2D eigenvalue weighted by molar-refractivity contribution is 6.74. The van der Waals surface area contributed by atoms with Gasteiger partial charge in [-0.3, -0.25) is 0 Å². The van der Waals surface area contributed by atoms with Crippen molar-refractivity contribution < 1.29 is 23.7 Å². The molecule has 0 amide bonds. The van der Waals surface area contributed by atoms with Crippen LogP contribution >= 0.6 is 0 Å². The van der Waals surface area contributed by atoms with Crippen LogP contribution in [0.3, 0.4) is 0 Å². The molecule has 1 N–H and O–H groups in total. The van der Waals surface area contributed by atoms with Crippen LogP contribution in [-0.4, -0.2) is 52.2 Å². The zero-order valence-electron chi connectivity index (χ0n) is 26.3. The van der Waals surface area contributed by atoms with Gasteiger partial charge in [0.05, 0.1) is 25.9 Å². The second-order valence-electron chi connectivity index (χ2n) is 14.6. The Bertz CT molecular complexity index is 966. The quantitative estimate of drug-likeness (QED) is 0.216. The number of ether oxygens (including phenoxy) is 3. The van der Waals surface area contributed by atoms with Crippen molar-refractivity contribution in [2.75, 3.05) is 26.4 Å². The van der Waals surface area contributed by atoms with Crippen LogP contribution in [-0.2, 0) is 25.2 Å². The molecule has 226 valence electrons. The van der Waals surface area contributed by atoms with Gasteiger partial charge in [0, 0.05) is 30.0 Å². The summed E-state index contributed by atoms with van der Waals surface area (Å²) in [5.74, 6) is 0.417. The molecule has 0 radical (unpaired) electrons. The summed E-state index contributed by atoms with van der Waals surface area (Å²) in [4.78, 5) is 0. The number of rotatable bonds is 11. The Balaban J connectivity index is 1.58. The van der Waals surface area contributed by atoms with Gasteiger partial charge in [-0.1, -0.05) is 76.6 Å². The highest BCUT2D eigenvalue weighted by Crippen LogP contribution is 2.59. The summed E-state index contributed by atoms with van der Waals surface area (Å²) in [5, 5.41) is 11.9. The Morgan fingerprint density at radius 2 is 1.82 bits per heavy atom. The van der Waals surface area contributed by atoms with Gasteiger partial charge >= 0.3 is 0 Å². The maximum absolute atomic E-state index is 11.7. The van der Waals surface area contributed by atoms with E-state index in [0.29, 0.717) is 32.3 Å². The third-order valence-electron chi connectivity index (χ3n) is 10.8. The van der Waals surface area contributed by atoms with E-state index in [2.05, 4.69) is 78.1 Å². The van der Waals surface area contributed by atoms with E-state index in [-0.39, 0.29) is 34.2 Å². The van der Waals surface area contributed by atoms with Crippen LogP contribution in [0.1, 0.15) is 85.1 Å². The summed E-state index contributed by atoms with van der Waals surface area (Å²) in [5.41, 5.74) is 2.28. The lowest BCUT2D eigenvalue weighted by Gasteiger charge is -2.57. The molecule has 1 saturated carbocycles. The average Bonchev–Trinajstić information content (AvgIpc) is 2.92. The summed E-state index contributed by atoms with van der Waals surface area (Å²) in [6, 6.07) is 10.4. The van der Waals surface area contributed by atoms with Crippen LogP contribution in [0.4, 0.5) is 0 Å². The minimum Gasteiger partial charge on any atom is -0.416 e. The first-order valence-electron chi connectivity index (χ1n) is 15.8. The molecule has 1 aromatic carbocycles. The Morgan fingerprint density at radius 1 is 1.07 bits per heavy atom. The molecule has 2 fully saturated rings. The van der Waals surface area contributed by atoms with E-state index >= 15 is 0 Å². The lowest BCUT2D eigenvalue weighted by atomic mass is 9.50. The molecule has 1 aromatic rings. The fourth-order valence-corrected chi connectivity index (χ4v) is 7.92. The summed E-state index contributed by atoms with van der Waals surface area (Å²) in [6.45, 7) is 19.7. The normalized spacial score (nSPS) is 33.4. The molecule has 4 rings (SSSR count). The van der Waals surface area contributed by atoms with E-state index < -0.39 is 8.32 Å². The predicted molar refractivity (Wildman–Crippen MR) is 165 cm³/mol. The summed E-state index contributed by atoms with van der Waals surface area (Å²) < 4.78 is 25.7. The fraction of sp³-hybridized carbons (Fsp3) is 0.765. The van der Waals surface area contributed by atoms with Crippen molar-refractivity contribution >= 4 is 8.32 Å². The van der Waals surface area contributed by atoms with E-state index in [0.717, 1.165) is 51.6 Å². The minimum atomic E-state index is -2.00. The van der Waals surface area contributed by atoms with Crippen LogP contribution in [0.15, 0.2) is 42.0 Å². The van der Waals surface area contributed by atoms with Crippen LogP contribution in [0.5, 0.6) is 0 Å². The van der Waals surface area contributed by atoms with E-state index in [9.17, 15) is 5.11 Å². The number of benzene rings is 1. The Morgan fingerprint density at radius 3 is 2.50 bits per heavy atom. The predicted octanol–water partition coefficient (Wildman–Crippen LogP) is 7.89.